The molecule has 10 rings (SSSR count). The molecule has 10 heterocycles. The minimum Gasteiger partial charge on any atom is -0.274 e. The number of rotatable bonds is 46. The molecule has 4 aliphatic rings. The molecule has 0 aromatic carbocycles. The quantitative estimate of drug-likeness (QED) is 0.0217. The van der Waals surface area contributed by atoms with Gasteiger partial charge in [-0.1, -0.05) is 311 Å². The van der Waals surface area contributed by atoms with E-state index in [2.05, 4.69) is 167 Å². The van der Waals surface area contributed by atoms with Crippen molar-refractivity contribution in [2.45, 2.75) is 376 Å². The summed E-state index contributed by atoms with van der Waals surface area (Å²) in [4.78, 5) is 80.5. The Bertz CT molecular complexity index is 3930. The van der Waals surface area contributed by atoms with Crippen LogP contribution in [-0.4, -0.2) is 62.7 Å². The molecule has 580 valence electrons. The number of thiophene rings is 6. The van der Waals surface area contributed by atoms with E-state index < -0.39 is 27.0 Å². The number of nitrogens with zero attached hydrogens (tertiary/aromatic N) is 2. The van der Waals surface area contributed by atoms with Gasteiger partial charge in [-0.25, -0.2) is 0 Å². The second-order valence-electron chi connectivity index (χ2n) is 35.8. The molecule has 0 saturated heterocycles. The van der Waals surface area contributed by atoms with Gasteiger partial charge in [0.05, 0.1) is 32.0 Å². The predicted molar refractivity (Wildman–Crippen MR) is 470 cm³/mol. The molecule has 0 saturated carbocycles. The van der Waals surface area contributed by atoms with E-state index in [1.165, 1.54) is 204 Å². The van der Waals surface area contributed by atoms with Gasteiger partial charge in [-0.3, -0.25) is 29.0 Å². The van der Waals surface area contributed by atoms with Crippen LogP contribution >= 0.6 is 68.0 Å². The van der Waals surface area contributed by atoms with Crippen LogP contribution in [0.3, 0.4) is 0 Å². The molecule has 14 heteroatoms. The maximum atomic E-state index is 16.0. The molecule has 0 spiro atoms. The van der Waals surface area contributed by atoms with E-state index in [9.17, 15) is 4.79 Å². The van der Waals surface area contributed by atoms with Crippen molar-refractivity contribution in [1.82, 2.24) is 9.80 Å². The van der Waals surface area contributed by atoms with Crippen LogP contribution < -0.4 is 20.7 Å². The van der Waals surface area contributed by atoms with Gasteiger partial charge in [0.2, 0.25) is 0 Å². The smallest absolute Gasteiger partial charge is 0.263 e. The fourth-order valence-electron chi connectivity index (χ4n) is 18.4. The summed E-state index contributed by atoms with van der Waals surface area (Å²) in [6.07, 6.45) is 36.7. The predicted octanol–water partition coefficient (Wildman–Crippen LogP) is 27.6. The Balaban J connectivity index is 1.15. The van der Waals surface area contributed by atoms with Crippen LogP contribution in [0.2, 0.25) is 24.2 Å². The second kappa shape index (κ2) is 36.2. The molecule has 105 heavy (non-hydrogen) atoms. The average molecular weight is 1570 g/mol. The lowest BCUT2D eigenvalue weighted by molar-refractivity contribution is 0.0635. The highest BCUT2D eigenvalue weighted by molar-refractivity contribution is 7.33. The summed E-state index contributed by atoms with van der Waals surface area (Å²) < 4.78 is 0. The molecular formula is C91H138N2O4S6Si2. The van der Waals surface area contributed by atoms with Gasteiger partial charge in [0, 0.05) is 72.7 Å². The van der Waals surface area contributed by atoms with Crippen LogP contribution in [0.5, 0.6) is 0 Å². The van der Waals surface area contributed by atoms with Crippen molar-refractivity contribution in [3.63, 3.8) is 0 Å². The van der Waals surface area contributed by atoms with Gasteiger partial charge < -0.3 is 0 Å². The molecule has 6 aromatic rings. The standard InChI is InChI=1S/C91H138N2O4S6Si2/c1-20-30-36-39-42-45-51-92-84(94)72-74(86(92)96)82(88(11,12)13)102-76(72)65-55-67-79(99-65)81-69(105(67,59-62(27-8)49-34-24-5)60-63(28-9)50-35-25-6)57-71(101-81)90(16,17)91(18,19)83-75-73(85(95)93(87(75)97)52-46-43-40-37-31-21-2)77(103-83)64-54-66-78(98-64)80-68(56-70(100-80)89(14,15)29-10)104(66,53-47-44-41-38-32-22-3)58-61(26-7)48-33-23-4/h54-57,61-63H,20-53,58-60H2,1-19H3. The van der Waals surface area contributed by atoms with Crippen molar-refractivity contribution in [2.24, 2.45) is 17.8 Å². The van der Waals surface area contributed by atoms with Crippen molar-refractivity contribution >= 4 is 129 Å². The number of carbonyl (C=O) groups is 4. The topological polar surface area (TPSA) is 74.8 Å². The summed E-state index contributed by atoms with van der Waals surface area (Å²) in [5, 5.41) is 6.57. The summed E-state index contributed by atoms with van der Waals surface area (Å²) >= 11 is 11.5. The minimum atomic E-state index is -2.61. The molecular weight excluding hydrogens is 1430 g/mol. The first-order valence-corrected chi connectivity index (χ1v) is 52.6. The molecule has 0 bridgehead atoms. The summed E-state index contributed by atoms with van der Waals surface area (Å²) in [7, 11) is -4.96. The summed E-state index contributed by atoms with van der Waals surface area (Å²) in [5.74, 6) is 1.50. The molecule has 4 unspecified atom stereocenters. The highest BCUT2D eigenvalue weighted by Gasteiger charge is 2.56. The van der Waals surface area contributed by atoms with Gasteiger partial charge in [-0.05, 0) is 117 Å². The SMILES string of the molecule is CCCCCCCCN1C(=O)c2c(-c3cc4c(s3)-c3sc(C(C)(C)C(C)(C)c5sc(-c6cc7c(s6)-c6sc(C(C)(C)CC)cc6[Si]7(CCCCCCCC)CC(CC)CCCC)c6c5C(=O)N(CCCCCCCC)C6=O)cc3[Si]4(CC(CC)CCCC)CC(CC)CCCC)sc(C(C)(C)C)c2C1=O. The number of amides is 4. The molecule has 4 atom stereocenters. The zero-order valence-corrected chi connectivity index (χ0v) is 76.1. The Labute approximate surface area is 664 Å². The largest absolute Gasteiger partial charge is 0.274 e. The van der Waals surface area contributed by atoms with E-state index in [-0.39, 0.29) is 34.5 Å². The van der Waals surface area contributed by atoms with Gasteiger partial charge in [0.25, 0.3) is 23.6 Å². The van der Waals surface area contributed by atoms with Gasteiger partial charge in [-0.15, -0.1) is 68.0 Å². The Kier molecular flexibility index (Phi) is 29.1. The average Bonchev–Trinajstić information content (AvgIpc) is 1.53. The number of carbonyl (C=O) groups excluding carboxylic acids is 4. The van der Waals surface area contributed by atoms with Gasteiger partial charge in [0.1, 0.15) is 16.1 Å². The number of unbranched alkanes of at least 4 members (excludes halogenated alkanes) is 18. The van der Waals surface area contributed by atoms with Crippen molar-refractivity contribution in [3.05, 3.63) is 66.0 Å². The summed E-state index contributed by atoms with van der Waals surface area (Å²) in [5.41, 5.74) is 1.38. The first-order valence-electron chi connectivity index (χ1n) is 42.9. The highest BCUT2D eigenvalue weighted by atomic mass is 32.1. The van der Waals surface area contributed by atoms with Gasteiger partial charge >= 0.3 is 0 Å². The first kappa shape index (κ1) is 84.4. The molecule has 6 aromatic heterocycles. The number of imide groups is 2. The molecule has 4 amide bonds. The molecule has 4 aliphatic heterocycles. The van der Waals surface area contributed by atoms with Crippen LogP contribution in [0.25, 0.3) is 39.0 Å². The van der Waals surface area contributed by atoms with E-state index in [4.69, 9.17) is 0 Å². The van der Waals surface area contributed by atoms with E-state index in [1.54, 1.807) is 53.2 Å². The van der Waals surface area contributed by atoms with Crippen molar-refractivity contribution < 1.29 is 19.2 Å². The maximum absolute atomic E-state index is 16.0. The Hall–Kier alpha value is -3.09. The third-order valence-corrected chi connectivity index (χ3v) is 47.0. The molecule has 0 aliphatic carbocycles. The molecule has 0 N–H and O–H groups in total. The minimum absolute atomic E-state index is 0.0789. The zero-order valence-electron chi connectivity index (χ0n) is 69.2. The van der Waals surface area contributed by atoms with Crippen molar-refractivity contribution in [1.29, 1.82) is 0 Å². The molecule has 0 fully saturated rings. The fourth-order valence-corrected chi connectivity index (χ4v) is 42.3. The van der Waals surface area contributed by atoms with Crippen LogP contribution in [0.15, 0.2) is 24.3 Å². The normalized spacial score (nSPS) is 18.1. The first-order chi connectivity index (χ1) is 50.2. The second-order valence-corrected chi connectivity index (χ2v) is 50.2. The maximum Gasteiger partial charge on any atom is 0.263 e. The highest BCUT2D eigenvalue weighted by Crippen LogP contribution is 2.59. The Morgan fingerprint density at radius 1 is 0.343 bits per heavy atom. The van der Waals surface area contributed by atoms with Gasteiger partial charge in [0.15, 0.2) is 0 Å². The fraction of sp³-hybridized carbons (Fsp3) is 0.692. The van der Waals surface area contributed by atoms with Crippen LogP contribution in [0.4, 0.5) is 0 Å². The van der Waals surface area contributed by atoms with Crippen molar-refractivity contribution in [3.8, 4) is 39.0 Å². The van der Waals surface area contributed by atoms with Crippen molar-refractivity contribution in [2.75, 3.05) is 13.1 Å². The summed E-state index contributed by atoms with van der Waals surface area (Å²) in [6.45, 7) is 46.0. The Morgan fingerprint density at radius 3 is 1.11 bits per heavy atom. The number of hydrogen-bond acceptors (Lipinski definition) is 10. The van der Waals surface area contributed by atoms with Crippen LogP contribution in [-0.2, 0) is 21.7 Å². The van der Waals surface area contributed by atoms with Crippen LogP contribution in [0.1, 0.15) is 392 Å². The number of hydrogen-bond donors (Lipinski definition) is 0. The van der Waals surface area contributed by atoms with Crippen LogP contribution in [0, 0.1) is 17.8 Å². The monoisotopic (exact) mass is 1570 g/mol. The van der Waals surface area contributed by atoms with Gasteiger partial charge in [-0.2, -0.15) is 0 Å². The lowest BCUT2D eigenvalue weighted by Gasteiger charge is -2.41. The lowest BCUT2D eigenvalue weighted by Crippen LogP contribution is -2.57. The Morgan fingerprint density at radius 2 is 0.686 bits per heavy atom. The number of fused-ring (bicyclic) bond motifs is 8. The van der Waals surface area contributed by atoms with E-state index in [1.807, 2.05) is 34.0 Å². The molecule has 6 nitrogen and oxygen atoms in total. The zero-order chi connectivity index (χ0) is 76.0. The third kappa shape index (κ3) is 16.7. The van der Waals surface area contributed by atoms with E-state index >= 15 is 14.4 Å². The molecule has 0 radical (unpaired) electrons. The summed E-state index contributed by atoms with van der Waals surface area (Å²) in [6, 6.07) is 15.7. The third-order valence-electron chi connectivity index (χ3n) is 26.5. The van der Waals surface area contributed by atoms with E-state index in [0.29, 0.717) is 53.1 Å². The van der Waals surface area contributed by atoms with E-state index in [0.717, 1.165) is 77.3 Å². The lowest BCUT2D eigenvalue weighted by atomic mass is 9.65.